The third-order valence-electron chi connectivity index (χ3n) is 3.79. The second kappa shape index (κ2) is 8.37. The molecule has 2 N–H and O–H groups in total. The van der Waals surface area contributed by atoms with Gasteiger partial charge in [0, 0.05) is 13.1 Å². The number of nitrogens with one attached hydrogen (secondary N) is 2. The zero-order valence-electron chi connectivity index (χ0n) is 12.9. The number of halogens is 1. The van der Waals surface area contributed by atoms with Crippen molar-refractivity contribution in [3.8, 4) is 0 Å². The molecular weight excluding hydrogens is 288 g/mol. The molecule has 5 heteroatoms. The lowest BCUT2D eigenvalue weighted by Crippen LogP contribution is -2.55. The second-order valence-electron chi connectivity index (χ2n) is 5.48. The highest BCUT2D eigenvalue weighted by molar-refractivity contribution is 5.85. The predicted octanol–water partition coefficient (Wildman–Crippen LogP) is 1.76. The van der Waals surface area contributed by atoms with E-state index >= 15 is 0 Å². The molecule has 118 valence electrons. The van der Waals surface area contributed by atoms with E-state index in [0.29, 0.717) is 13.2 Å². The zero-order valence-corrected chi connectivity index (χ0v) is 13.8. The van der Waals surface area contributed by atoms with Crippen LogP contribution in [0.15, 0.2) is 18.2 Å². The van der Waals surface area contributed by atoms with E-state index in [2.05, 4.69) is 42.7 Å². The summed E-state index contributed by atoms with van der Waals surface area (Å²) in [5, 5.41) is 6.19. The van der Waals surface area contributed by atoms with Crippen LogP contribution >= 0.6 is 12.4 Å². The minimum atomic E-state index is -0.233. The number of morpholine rings is 1. The van der Waals surface area contributed by atoms with Crippen LogP contribution in [-0.4, -0.2) is 37.7 Å². The third kappa shape index (κ3) is 4.99. The number of aryl methyl sites for hydroxylation is 2. The quantitative estimate of drug-likeness (QED) is 0.891. The topological polar surface area (TPSA) is 50.4 Å². The molecule has 2 rings (SSSR count). The summed E-state index contributed by atoms with van der Waals surface area (Å²) in [6, 6.07) is 6.20. The van der Waals surface area contributed by atoms with Crippen LogP contribution in [-0.2, 0) is 16.0 Å². The Hall–Kier alpha value is -1.10. The number of carbonyl (C=O) groups excluding carboxylic acids is 1. The van der Waals surface area contributed by atoms with Crippen molar-refractivity contribution in [1.29, 1.82) is 0 Å². The smallest absolute Gasteiger partial charge is 0.239 e. The average Bonchev–Trinajstić information content (AvgIpc) is 2.41. The summed E-state index contributed by atoms with van der Waals surface area (Å²) in [6.45, 7) is 8.21. The van der Waals surface area contributed by atoms with Gasteiger partial charge in [0.2, 0.25) is 5.91 Å². The molecule has 0 aliphatic carbocycles. The van der Waals surface area contributed by atoms with Gasteiger partial charge in [-0.2, -0.15) is 0 Å². The third-order valence-corrected chi connectivity index (χ3v) is 3.79. The molecule has 0 spiro atoms. The summed E-state index contributed by atoms with van der Waals surface area (Å²) in [7, 11) is 0. The highest BCUT2D eigenvalue weighted by Gasteiger charge is 2.27. The standard InChI is InChI=1S/C16H24N2O2.ClH/c1-11-4-5-14(12(2)10-11)6-7-18-16(19)15-13(3)20-9-8-17-15;/h4-5,10,13,15,17H,6-9H2,1-3H3,(H,18,19);1H/t13-,15+;/m1./s1. The lowest BCUT2D eigenvalue weighted by atomic mass is 10.0. The van der Waals surface area contributed by atoms with E-state index < -0.39 is 0 Å². The first-order chi connectivity index (χ1) is 9.58. The molecular formula is C16H25ClN2O2. The van der Waals surface area contributed by atoms with Crippen molar-refractivity contribution < 1.29 is 9.53 Å². The molecule has 0 saturated carbocycles. The van der Waals surface area contributed by atoms with E-state index in [1.165, 1.54) is 16.7 Å². The lowest BCUT2D eigenvalue weighted by molar-refractivity contribution is -0.128. The maximum Gasteiger partial charge on any atom is 0.239 e. The van der Waals surface area contributed by atoms with Crippen LogP contribution in [0.5, 0.6) is 0 Å². The Morgan fingerprint density at radius 1 is 1.43 bits per heavy atom. The maximum absolute atomic E-state index is 12.1. The van der Waals surface area contributed by atoms with E-state index in [1.807, 2.05) is 6.92 Å². The van der Waals surface area contributed by atoms with Gasteiger partial charge in [0.05, 0.1) is 12.7 Å². The first-order valence-corrected chi connectivity index (χ1v) is 7.27. The lowest BCUT2D eigenvalue weighted by Gasteiger charge is -2.29. The molecule has 1 amide bonds. The molecule has 1 saturated heterocycles. The number of amides is 1. The highest BCUT2D eigenvalue weighted by Crippen LogP contribution is 2.11. The number of ether oxygens (including phenoxy) is 1. The molecule has 0 bridgehead atoms. The molecule has 1 aliphatic rings. The van der Waals surface area contributed by atoms with Gasteiger partial charge in [-0.1, -0.05) is 23.8 Å². The van der Waals surface area contributed by atoms with Crippen LogP contribution in [0.2, 0.25) is 0 Å². The van der Waals surface area contributed by atoms with E-state index in [4.69, 9.17) is 4.74 Å². The maximum atomic E-state index is 12.1. The van der Waals surface area contributed by atoms with Crippen molar-refractivity contribution in [1.82, 2.24) is 10.6 Å². The largest absolute Gasteiger partial charge is 0.375 e. The van der Waals surface area contributed by atoms with Crippen molar-refractivity contribution in [2.75, 3.05) is 19.7 Å². The van der Waals surface area contributed by atoms with Gasteiger partial charge in [0.15, 0.2) is 0 Å². The van der Waals surface area contributed by atoms with Crippen molar-refractivity contribution in [2.45, 2.75) is 39.3 Å². The van der Waals surface area contributed by atoms with E-state index in [9.17, 15) is 4.79 Å². The van der Waals surface area contributed by atoms with Gasteiger partial charge in [-0.3, -0.25) is 4.79 Å². The number of hydrogen-bond donors (Lipinski definition) is 2. The van der Waals surface area contributed by atoms with Crippen LogP contribution in [0.4, 0.5) is 0 Å². The molecule has 2 atom stereocenters. The van der Waals surface area contributed by atoms with Gasteiger partial charge < -0.3 is 15.4 Å². The van der Waals surface area contributed by atoms with Crippen LogP contribution in [0, 0.1) is 13.8 Å². The minimum absolute atomic E-state index is 0. The Balaban J connectivity index is 0.00000220. The van der Waals surface area contributed by atoms with Gasteiger partial charge in [0.25, 0.3) is 0 Å². The van der Waals surface area contributed by atoms with Crippen molar-refractivity contribution in [3.63, 3.8) is 0 Å². The van der Waals surface area contributed by atoms with Crippen molar-refractivity contribution in [3.05, 3.63) is 34.9 Å². The van der Waals surface area contributed by atoms with Gasteiger partial charge in [-0.15, -0.1) is 12.4 Å². The van der Waals surface area contributed by atoms with Crippen LogP contribution < -0.4 is 10.6 Å². The number of hydrogen-bond acceptors (Lipinski definition) is 3. The molecule has 1 aromatic rings. The highest BCUT2D eigenvalue weighted by atomic mass is 35.5. The van der Waals surface area contributed by atoms with Crippen LogP contribution in [0.25, 0.3) is 0 Å². The number of carbonyl (C=O) groups is 1. The Morgan fingerprint density at radius 3 is 2.86 bits per heavy atom. The molecule has 21 heavy (non-hydrogen) atoms. The van der Waals surface area contributed by atoms with Crippen molar-refractivity contribution >= 4 is 18.3 Å². The van der Waals surface area contributed by atoms with E-state index in [0.717, 1.165) is 13.0 Å². The van der Waals surface area contributed by atoms with Crippen LogP contribution in [0.3, 0.4) is 0 Å². The summed E-state index contributed by atoms with van der Waals surface area (Å²) in [4.78, 5) is 12.1. The molecule has 1 heterocycles. The fourth-order valence-corrected chi connectivity index (χ4v) is 2.58. The molecule has 0 radical (unpaired) electrons. The van der Waals surface area contributed by atoms with E-state index in [1.54, 1.807) is 0 Å². The van der Waals surface area contributed by atoms with Gasteiger partial charge in [-0.25, -0.2) is 0 Å². The molecule has 1 aromatic carbocycles. The number of benzene rings is 1. The Bertz CT molecular complexity index is 479. The molecule has 1 aliphatic heterocycles. The Kier molecular flexibility index (Phi) is 7.15. The Morgan fingerprint density at radius 2 is 2.19 bits per heavy atom. The summed E-state index contributed by atoms with van der Waals surface area (Å²) in [5.74, 6) is 0.0296. The summed E-state index contributed by atoms with van der Waals surface area (Å²) >= 11 is 0. The molecule has 0 unspecified atom stereocenters. The molecule has 1 fully saturated rings. The monoisotopic (exact) mass is 312 g/mol. The molecule has 0 aromatic heterocycles. The summed E-state index contributed by atoms with van der Waals surface area (Å²) in [5.41, 5.74) is 3.84. The van der Waals surface area contributed by atoms with Gasteiger partial charge in [-0.05, 0) is 38.3 Å². The Labute approximate surface area is 133 Å². The summed E-state index contributed by atoms with van der Waals surface area (Å²) < 4.78 is 5.49. The fraction of sp³-hybridized carbons (Fsp3) is 0.562. The second-order valence-corrected chi connectivity index (χ2v) is 5.48. The summed E-state index contributed by atoms with van der Waals surface area (Å²) in [6.07, 6.45) is 0.796. The first kappa shape index (κ1) is 18.0. The molecule has 4 nitrogen and oxygen atoms in total. The van der Waals surface area contributed by atoms with Crippen LogP contribution in [0.1, 0.15) is 23.6 Å². The first-order valence-electron chi connectivity index (χ1n) is 7.27. The zero-order chi connectivity index (χ0) is 14.5. The minimum Gasteiger partial charge on any atom is -0.375 e. The SMILES string of the molecule is Cc1ccc(CCNC(=O)[C@H]2NCCO[C@@H]2C)c(C)c1.Cl. The normalized spacial score (nSPS) is 21.5. The predicted molar refractivity (Wildman–Crippen MR) is 87.1 cm³/mol. The average molecular weight is 313 g/mol. The van der Waals surface area contributed by atoms with Crippen molar-refractivity contribution in [2.24, 2.45) is 0 Å². The van der Waals surface area contributed by atoms with Gasteiger partial charge in [0.1, 0.15) is 6.04 Å². The van der Waals surface area contributed by atoms with E-state index in [-0.39, 0.29) is 30.5 Å². The van der Waals surface area contributed by atoms with Gasteiger partial charge >= 0.3 is 0 Å². The fourth-order valence-electron chi connectivity index (χ4n) is 2.58. The number of rotatable bonds is 4.